The molecule has 9 heteroatoms. The molecule has 1 heterocycles. The fourth-order valence-electron chi connectivity index (χ4n) is 3.60. The Bertz CT molecular complexity index is 1380. The Morgan fingerprint density at radius 1 is 1.06 bits per heavy atom. The number of aryl methyl sites for hydroxylation is 1. The first kappa shape index (κ1) is 24.9. The standard InChI is InChI=1S/C27H25N5O3S/c1-19-8-6-7-11-22(19)18-36-27-30-29-26(31(27)23-13-15-24(16-14-23)32(34)35)20(2)28-25(33)17-12-21-9-4-3-5-10-21/h3-17,20H,18H2,1-2H3,(H,28,33). The second kappa shape index (κ2) is 11.5. The second-order valence-electron chi connectivity index (χ2n) is 8.14. The summed E-state index contributed by atoms with van der Waals surface area (Å²) in [7, 11) is 0. The smallest absolute Gasteiger partial charge is 0.269 e. The average molecular weight is 500 g/mol. The molecule has 1 N–H and O–H groups in total. The van der Waals surface area contributed by atoms with Crippen LogP contribution in [0.1, 0.15) is 35.5 Å². The van der Waals surface area contributed by atoms with Gasteiger partial charge in [-0.25, -0.2) is 0 Å². The van der Waals surface area contributed by atoms with Crippen LogP contribution in [0.25, 0.3) is 11.8 Å². The third-order valence-electron chi connectivity index (χ3n) is 5.57. The zero-order valence-corrected chi connectivity index (χ0v) is 20.7. The second-order valence-corrected chi connectivity index (χ2v) is 9.08. The van der Waals surface area contributed by atoms with E-state index in [1.54, 1.807) is 18.2 Å². The van der Waals surface area contributed by atoms with Crippen molar-refractivity contribution < 1.29 is 9.72 Å². The first-order valence-corrected chi connectivity index (χ1v) is 12.3. The van der Waals surface area contributed by atoms with E-state index >= 15 is 0 Å². The SMILES string of the molecule is Cc1ccccc1CSc1nnc(C(C)NC(=O)C=Cc2ccccc2)n1-c1ccc([N+](=O)[O-])cc1. The van der Waals surface area contributed by atoms with Gasteiger partial charge in [0, 0.05) is 29.6 Å². The van der Waals surface area contributed by atoms with Crippen molar-refractivity contribution in [2.45, 2.75) is 30.8 Å². The molecule has 0 aliphatic rings. The van der Waals surface area contributed by atoms with E-state index in [0.29, 0.717) is 22.4 Å². The van der Waals surface area contributed by atoms with E-state index in [0.717, 1.165) is 5.56 Å². The first-order chi connectivity index (χ1) is 17.4. The van der Waals surface area contributed by atoms with Gasteiger partial charge in [0.1, 0.15) is 0 Å². The quantitative estimate of drug-likeness (QED) is 0.138. The predicted octanol–water partition coefficient (Wildman–Crippen LogP) is 5.67. The number of nitrogens with zero attached hydrogens (tertiary/aromatic N) is 4. The maximum Gasteiger partial charge on any atom is 0.269 e. The molecule has 8 nitrogen and oxygen atoms in total. The topological polar surface area (TPSA) is 103 Å². The first-order valence-electron chi connectivity index (χ1n) is 11.3. The van der Waals surface area contributed by atoms with Gasteiger partial charge in [0.15, 0.2) is 11.0 Å². The lowest BCUT2D eigenvalue weighted by Crippen LogP contribution is -2.27. The Morgan fingerprint density at radius 2 is 1.75 bits per heavy atom. The van der Waals surface area contributed by atoms with Gasteiger partial charge in [-0.1, -0.05) is 66.4 Å². The number of nitrogens with one attached hydrogen (secondary N) is 1. The molecule has 36 heavy (non-hydrogen) atoms. The van der Waals surface area contributed by atoms with Crippen LogP contribution in [0, 0.1) is 17.0 Å². The summed E-state index contributed by atoms with van der Waals surface area (Å²) in [4.78, 5) is 23.3. The number of hydrogen-bond donors (Lipinski definition) is 1. The van der Waals surface area contributed by atoms with Crippen LogP contribution in [0.5, 0.6) is 0 Å². The summed E-state index contributed by atoms with van der Waals surface area (Å²) in [5, 5.41) is 23.5. The Hall–Kier alpha value is -4.24. The zero-order valence-electron chi connectivity index (χ0n) is 19.9. The summed E-state index contributed by atoms with van der Waals surface area (Å²) >= 11 is 1.51. The summed E-state index contributed by atoms with van der Waals surface area (Å²) < 4.78 is 1.83. The molecule has 0 fully saturated rings. The molecule has 0 aliphatic heterocycles. The summed E-state index contributed by atoms with van der Waals surface area (Å²) in [6.45, 7) is 3.89. The van der Waals surface area contributed by atoms with E-state index in [1.165, 1.54) is 41.1 Å². The van der Waals surface area contributed by atoms with E-state index in [1.807, 2.05) is 54.0 Å². The molecule has 1 unspecified atom stereocenters. The number of hydrogen-bond acceptors (Lipinski definition) is 6. The summed E-state index contributed by atoms with van der Waals surface area (Å²) in [5.41, 5.74) is 3.94. The number of non-ortho nitro benzene ring substituents is 1. The van der Waals surface area contributed by atoms with Crippen molar-refractivity contribution in [3.05, 3.63) is 118 Å². The van der Waals surface area contributed by atoms with Crippen LogP contribution in [-0.2, 0) is 10.5 Å². The van der Waals surface area contributed by atoms with Crippen LogP contribution in [0.4, 0.5) is 5.69 Å². The molecule has 0 saturated carbocycles. The number of rotatable bonds is 9. The molecular formula is C27H25N5O3S. The highest BCUT2D eigenvalue weighted by Crippen LogP contribution is 2.29. The molecule has 1 aromatic heterocycles. The van der Waals surface area contributed by atoms with Crippen LogP contribution < -0.4 is 5.32 Å². The molecule has 182 valence electrons. The number of amides is 1. The molecule has 1 atom stereocenters. The summed E-state index contributed by atoms with van der Waals surface area (Å²) in [5.74, 6) is 0.939. The number of carbonyl (C=O) groups excluding carboxylic acids is 1. The predicted molar refractivity (Wildman–Crippen MR) is 141 cm³/mol. The Kier molecular flexibility index (Phi) is 7.92. The molecule has 0 saturated heterocycles. The van der Waals surface area contributed by atoms with Gasteiger partial charge in [-0.3, -0.25) is 19.5 Å². The highest BCUT2D eigenvalue weighted by Gasteiger charge is 2.21. The van der Waals surface area contributed by atoms with Crippen molar-refractivity contribution in [3.8, 4) is 5.69 Å². The number of nitro groups is 1. The maximum atomic E-state index is 12.6. The third-order valence-corrected chi connectivity index (χ3v) is 6.55. The molecule has 4 aromatic rings. The van der Waals surface area contributed by atoms with Gasteiger partial charge in [0.05, 0.1) is 11.0 Å². The van der Waals surface area contributed by atoms with Crippen LogP contribution in [0.15, 0.2) is 90.1 Å². The Balaban J connectivity index is 1.60. The van der Waals surface area contributed by atoms with Gasteiger partial charge in [-0.15, -0.1) is 10.2 Å². The molecule has 3 aromatic carbocycles. The van der Waals surface area contributed by atoms with Gasteiger partial charge in [-0.2, -0.15) is 0 Å². The minimum absolute atomic E-state index is 0.00473. The number of aromatic nitrogens is 3. The normalized spacial score (nSPS) is 11.9. The van der Waals surface area contributed by atoms with E-state index in [4.69, 9.17) is 0 Å². The molecular weight excluding hydrogens is 474 g/mol. The number of benzene rings is 3. The van der Waals surface area contributed by atoms with Crippen molar-refractivity contribution in [3.63, 3.8) is 0 Å². The number of nitro benzene ring substituents is 1. The van der Waals surface area contributed by atoms with Crippen LogP contribution in [0.2, 0.25) is 0 Å². The van der Waals surface area contributed by atoms with E-state index in [9.17, 15) is 14.9 Å². The van der Waals surface area contributed by atoms with Gasteiger partial charge < -0.3 is 5.32 Å². The van der Waals surface area contributed by atoms with Crippen molar-refractivity contribution in [1.29, 1.82) is 0 Å². The molecule has 1 amide bonds. The van der Waals surface area contributed by atoms with Gasteiger partial charge in [0.25, 0.3) is 5.69 Å². The van der Waals surface area contributed by atoms with E-state index in [2.05, 4.69) is 34.6 Å². The fourth-order valence-corrected chi connectivity index (χ4v) is 4.63. The van der Waals surface area contributed by atoms with E-state index in [-0.39, 0.29) is 11.6 Å². The number of carbonyl (C=O) groups is 1. The third kappa shape index (κ3) is 6.05. The Labute approximate surface area is 213 Å². The Morgan fingerprint density at radius 3 is 2.44 bits per heavy atom. The lowest BCUT2D eigenvalue weighted by atomic mass is 10.1. The van der Waals surface area contributed by atoms with Crippen LogP contribution in [-0.4, -0.2) is 25.6 Å². The molecule has 0 spiro atoms. The zero-order chi connectivity index (χ0) is 25.5. The van der Waals surface area contributed by atoms with Crippen molar-refractivity contribution >= 4 is 29.4 Å². The monoisotopic (exact) mass is 499 g/mol. The minimum Gasteiger partial charge on any atom is -0.343 e. The maximum absolute atomic E-state index is 12.6. The van der Waals surface area contributed by atoms with E-state index < -0.39 is 11.0 Å². The number of thioether (sulfide) groups is 1. The van der Waals surface area contributed by atoms with Gasteiger partial charge in [-0.05, 0) is 48.7 Å². The van der Waals surface area contributed by atoms with Crippen LogP contribution >= 0.6 is 11.8 Å². The minimum atomic E-state index is -0.464. The average Bonchev–Trinajstić information content (AvgIpc) is 3.32. The summed E-state index contributed by atoms with van der Waals surface area (Å²) in [6.07, 6.45) is 3.22. The lowest BCUT2D eigenvalue weighted by Gasteiger charge is -2.16. The highest BCUT2D eigenvalue weighted by molar-refractivity contribution is 7.98. The molecule has 0 aliphatic carbocycles. The highest BCUT2D eigenvalue weighted by atomic mass is 32.2. The molecule has 0 radical (unpaired) electrons. The van der Waals surface area contributed by atoms with Crippen molar-refractivity contribution in [2.24, 2.45) is 0 Å². The largest absolute Gasteiger partial charge is 0.343 e. The van der Waals surface area contributed by atoms with Gasteiger partial charge in [0.2, 0.25) is 5.91 Å². The summed E-state index contributed by atoms with van der Waals surface area (Å²) in [6, 6.07) is 23.4. The molecule has 4 rings (SSSR count). The lowest BCUT2D eigenvalue weighted by molar-refractivity contribution is -0.384. The van der Waals surface area contributed by atoms with Gasteiger partial charge >= 0.3 is 0 Å². The molecule has 0 bridgehead atoms. The fraction of sp³-hybridized carbons (Fsp3) is 0.148. The van der Waals surface area contributed by atoms with Crippen LogP contribution in [0.3, 0.4) is 0 Å². The van der Waals surface area contributed by atoms with Crippen molar-refractivity contribution in [1.82, 2.24) is 20.1 Å². The van der Waals surface area contributed by atoms with Crippen molar-refractivity contribution in [2.75, 3.05) is 0 Å².